The third-order valence-corrected chi connectivity index (χ3v) is 4.86. The monoisotopic (exact) mass is 350 g/mol. The van der Waals surface area contributed by atoms with Gasteiger partial charge in [0.25, 0.3) is 0 Å². The Morgan fingerprint density at radius 1 is 0.786 bits per heavy atom. The maximum atomic E-state index is 3.52. The van der Waals surface area contributed by atoms with E-state index in [1.165, 1.54) is 22.3 Å². The molecule has 0 N–H and O–H groups in total. The topological polar surface area (TPSA) is 0 Å². The highest BCUT2D eigenvalue weighted by atomic mass is 79.9. The normalized spacial score (nSPS) is 10.7. The van der Waals surface area contributed by atoms with E-state index in [2.05, 4.69) is 53.4 Å². The Bertz CT molecular complexity index is 377. The molecular weight excluding hydrogens is 344 g/mol. The molecule has 0 unspecified atom stereocenters. The van der Waals surface area contributed by atoms with Gasteiger partial charge in [-0.3, -0.25) is 0 Å². The number of hydrogen-bond acceptors (Lipinski definition) is 2. The maximum absolute atomic E-state index is 3.52. The molecule has 2 rings (SSSR count). The first-order chi connectivity index (χ1) is 6.86. The summed E-state index contributed by atoms with van der Waals surface area (Å²) in [6.07, 6.45) is 0. The smallest absolute Gasteiger partial charge is 0.0297 e. The van der Waals surface area contributed by atoms with E-state index < -0.39 is 0 Å². The first-order valence-corrected chi connectivity index (χ1v) is 8.22. The van der Waals surface area contributed by atoms with Gasteiger partial charge in [-0.05, 0) is 43.8 Å². The van der Waals surface area contributed by atoms with Gasteiger partial charge in [-0.1, -0.05) is 31.9 Å². The van der Waals surface area contributed by atoms with Crippen molar-refractivity contribution >= 4 is 54.5 Å². The van der Waals surface area contributed by atoms with E-state index >= 15 is 0 Å². The van der Waals surface area contributed by atoms with Gasteiger partial charge in [0, 0.05) is 10.7 Å². The van der Waals surface area contributed by atoms with Crippen molar-refractivity contribution in [3.63, 3.8) is 0 Å². The van der Waals surface area contributed by atoms with Crippen LogP contribution in [0.3, 0.4) is 0 Å². The molecule has 0 saturated carbocycles. The summed E-state index contributed by atoms with van der Waals surface area (Å²) in [5, 5.41) is 10.7. The SMILES string of the molecule is BrCc1cscc1-c1cscc1CBr. The lowest BCUT2D eigenvalue weighted by atomic mass is 10.1. The molecule has 0 nitrogen and oxygen atoms in total. The summed E-state index contributed by atoms with van der Waals surface area (Å²) in [6.45, 7) is 0. The van der Waals surface area contributed by atoms with Gasteiger partial charge in [0.05, 0.1) is 0 Å². The minimum absolute atomic E-state index is 0.934. The van der Waals surface area contributed by atoms with E-state index in [0.29, 0.717) is 0 Å². The predicted molar refractivity (Wildman–Crippen MR) is 72.9 cm³/mol. The third-order valence-electron chi connectivity index (χ3n) is 2.06. The molecule has 0 radical (unpaired) electrons. The van der Waals surface area contributed by atoms with Crippen molar-refractivity contribution in [2.24, 2.45) is 0 Å². The Hall–Kier alpha value is 0.360. The van der Waals surface area contributed by atoms with Gasteiger partial charge in [-0.25, -0.2) is 0 Å². The molecule has 0 fully saturated rings. The van der Waals surface area contributed by atoms with Crippen LogP contribution in [0.1, 0.15) is 11.1 Å². The number of thiophene rings is 2. The molecule has 0 bridgehead atoms. The first kappa shape index (κ1) is 10.9. The van der Waals surface area contributed by atoms with Crippen LogP contribution >= 0.6 is 54.5 Å². The molecule has 2 heterocycles. The van der Waals surface area contributed by atoms with E-state index in [0.717, 1.165) is 10.7 Å². The largest absolute Gasteiger partial charge is 0.151 e. The molecule has 14 heavy (non-hydrogen) atoms. The molecule has 0 aromatic carbocycles. The van der Waals surface area contributed by atoms with Crippen molar-refractivity contribution in [2.75, 3.05) is 0 Å². The van der Waals surface area contributed by atoms with Crippen LogP contribution < -0.4 is 0 Å². The predicted octanol–water partition coefficient (Wildman–Crippen LogP) is 5.27. The lowest BCUT2D eigenvalue weighted by molar-refractivity contribution is 1.45. The van der Waals surface area contributed by atoms with Crippen LogP contribution in [0, 0.1) is 0 Å². The average Bonchev–Trinajstić information content (AvgIpc) is 2.85. The lowest BCUT2D eigenvalue weighted by Gasteiger charge is -2.01. The molecular formula is C10H8Br2S2. The van der Waals surface area contributed by atoms with Crippen molar-refractivity contribution in [3.05, 3.63) is 32.6 Å². The molecule has 0 aliphatic heterocycles. The molecule has 2 aromatic heterocycles. The Balaban J connectivity index is 2.48. The van der Waals surface area contributed by atoms with Crippen LogP contribution in [0.5, 0.6) is 0 Å². The van der Waals surface area contributed by atoms with Gasteiger partial charge < -0.3 is 0 Å². The highest BCUT2D eigenvalue weighted by molar-refractivity contribution is 9.08. The van der Waals surface area contributed by atoms with Crippen molar-refractivity contribution < 1.29 is 0 Å². The van der Waals surface area contributed by atoms with E-state index in [1.54, 1.807) is 22.7 Å². The maximum Gasteiger partial charge on any atom is 0.0297 e. The Kier molecular flexibility index (Phi) is 3.82. The molecule has 0 amide bonds. The summed E-state index contributed by atoms with van der Waals surface area (Å²) in [5.74, 6) is 0. The molecule has 0 saturated heterocycles. The fourth-order valence-electron chi connectivity index (χ4n) is 1.33. The standard InChI is InChI=1S/C10H8Br2S2/c11-1-7-3-13-5-9(7)10-6-14-4-8(10)2-12/h3-6H,1-2H2. The number of rotatable bonds is 3. The summed E-state index contributed by atoms with van der Waals surface area (Å²) in [6, 6.07) is 0. The van der Waals surface area contributed by atoms with Crippen LogP contribution in [-0.2, 0) is 10.7 Å². The number of alkyl halides is 2. The van der Waals surface area contributed by atoms with Crippen molar-refractivity contribution in [1.29, 1.82) is 0 Å². The molecule has 4 heteroatoms. The molecule has 0 atom stereocenters. The molecule has 0 aliphatic carbocycles. The Morgan fingerprint density at radius 2 is 1.21 bits per heavy atom. The van der Waals surface area contributed by atoms with Crippen LogP contribution in [0.4, 0.5) is 0 Å². The number of halogens is 2. The zero-order chi connectivity index (χ0) is 9.97. The van der Waals surface area contributed by atoms with E-state index in [4.69, 9.17) is 0 Å². The third kappa shape index (κ3) is 1.98. The van der Waals surface area contributed by atoms with E-state index in [9.17, 15) is 0 Å². The van der Waals surface area contributed by atoms with Gasteiger partial charge in [0.1, 0.15) is 0 Å². The van der Waals surface area contributed by atoms with Crippen LogP contribution in [0.2, 0.25) is 0 Å². The van der Waals surface area contributed by atoms with Gasteiger partial charge in [-0.2, -0.15) is 22.7 Å². The number of hydrogen-bond donors (Lipinski definition) is 0. The fraction of sp³-hybridized carbons (Fsp3) is 0.200. The van der Waals surface area contributed by atoms with E-state index in [1.807, 2.05) is 0 Å². The first-order valence-electron chi connectivity index (χ1n) is 4.09. The van der Waals surface area contributed by atoms with Gasteiger partial charge >= 0.3 is 0 Å². The highest BCUT2D eigenvalue weighted by Crippen LogP contribution is 2.34. The second-order valence-corrected chi connectivity index (χ2v) is 5.50. The van der Waals surface area contributed by atoms with Gasteiger partial charge in [0.15, 0.2) is 0 Å². The molecule has 2 aromatic rings. The van der Waals surface area contributed by atoms with Gasteiger partial charge in [0.2, 0.25) is 0 Å². The summed E-state index contributed by atoms with van der Waals surface area (Å²) in [4.78, 5) is 0. The second kappa shape index (κ2) is 4.92. The van der Waals surface area contributed by atoms with E-state index in [-0.39, 0.29) is 0 Å². The molecule has 74 valence electrons. The summed E-state index contributed by atoms with van der Waals surface area (Å²) in [7, 11) is 0. The van der Waals surface area contributed by atoms with Crippen molar-refractivity contribution in [3.8, 4) is 11.1 Å². The van der Waals surface area contributed by atoms with Crippen molar-refractivity contribution in [1.82, 2.24) is 0 Å². The van der Waals surface area contributed by atoms with Crippen LogP contribution in [0.15, 0.2) is 21.5 Å². The second-order valence-electron chi connectivity index (χ2n) is 2.89. The summed E-state index contributed by atoms with van der Waals surface area (Å²) < 4.78 is 0. The average molecular weight is 352 g/mol. The molecule has 0 spiro atoms. The fourth-order valence-corrected chi connectivity index (χ4v) is 4.40. The lowest BCUT2D eigenvalue weighted by Crippen LogP contribution is -1.81. The van der Waals surface area contributed by atoms with Crippen LogP contribution in [0.25, 0.3) is 11.1 Å². The highest BCUT2D eigenvalue weighted by Gasteiger charge is 2.10. The molecule has 0 aliphatic rings. The zero-order valence-electron chi connectivity index (χ0n) is 7.30. The Labute approximate surface area is 108 Å². The van der Waals surface area contributed by atoms with Crippen LogP contribution in [-0.4, -0.2) is 0 Å². The zero-order valence-corrected chi connectivity index (χ0v) is 12.1. The summed E-state index contributed by atoms with van der Waals surface area (Å²) >= 11 is 10.6. The minimum atomic E-state index is 0.934. The summed E-state index contributed by atoms with van der Waals surface area (Å²) in [5.41, 5.74) is 5.52. The quantitative estimate of drug-likeness (QED) is 0.661. The van der Waals surface area contributed by atoms with Crippen molar-refractivity contribution in [2.45, 2.75) is 10.7 Å². The minimum Gasteiger partial charge on any atom is -0.151 e. The van der Waals surface area contributed by atoms with Gasteiger partial charge in [-0.15, -0.1) is 0 Å². The Morgan fingerprint density at radius 3 is 1.57 bits per heavy atom.